The number of aromatic nitrogens is 1. The molecule has 1 N–H and O–H groups in total. The Morgan fingerprint density at radius 1 is 1.23 bits per heavy atom. The van der Waals surface area contributed by atoms with E-state index < -0.39 is 9.84 Å². The summed E-state index contributed by atoms with van der Waals surface area (Å²) in [7, 11) is -3.44. The van der Waals surface area contributed by atoms with E-state index in [1.54, 1.807) is 24.4 Å². The highest BCUT2D eigenvalue weighted by Gasteiger charge is 2.30. The second-order valence-corrected chi connectivity index (χ2v) is 10.3. The Morgan fingerprint density at radius 3 is 2.50 bits per heavy atom. The molecule has 1 amide bonds. The molecule has 2 aromatic rings. The highest BCUT2D eigenvalue weighted by Crippen LogP contribution is 2.39. The topological polar surface area (TPSA) is 93.2 Å². The number of benzene rings is 1. The normalized spacial score (nSPS) is 16.3. The van der Waals surface area contributed by atoms with Crippen molar-refractivity contribution in [1.29, 1.82) is 0 Å². The third-order valence-corrected chi connectivity index (χ3v) is 7.10. The summed E-state index contributed by atoms with van der Waals surface area (Å²) in [4.78, 5) is 28.7. The van der Waals surface area contributed by atoms with Gasteiger partial charge < -0.3 is 5.32 Å². The van der Waals surface area contributed by atoms with Gasteiger partial charge in [0.05, 0.1) is 9.92 Å². The minimum absolute atomic E-state index is 0.0683. The number of pyridine rings is 1. The largest absolute Gasteiger partial charge is 0.311 e. The maximum Gasteiger partial charge on any atom is 0.226 e. The summed E-state index contributed by atoms with van der Waals surface area (Å²) in [6.45, 7) is 1.92. The number of nitrogens with one attached hydrogen (secondary N) is 1. The molecule has 1 heterocycles. The lowest BCUT2D eigenvalue weighted by molar-refractivity contribution is -0.121. The molecule has 0 spiro atoms. The first-order valence-corrected chi connectivity index (χ1v) is 12.1. The number of amides is 1. The maximum absolute atomic E-state index is 12.8. The second kappa shape index (κ2) is 9.27. The van der Waals surface area contributed by atoms with Gasteiger partial charge in [-0.1, -0.05) is 23.7 Å². The summed E-state index contributed by atoms with van der Waals surface area (Å²) >= 11 is 6.26. The van der Waals surface area contributed by atoms with E-state index in [0.29, 0.717) is 31.5 Å². The van der Waals surface area contributed by atoms with Crippen LogP contribution >= 0.6 is 11.6 Å². The second-order valence-electron chi connectivity index (χ2n) is 7.92. The van der Waals surface area contributed by atoms with E-state index in [9.17, 15) is 18.0 Å². The number of carbonyl (C=O) groups is 2. The van der Waals surface area contributed by atoms with E-state index in [1.807, 2.05) is 13.0 Å². The number of carbonyl (C=O) groups excluding carboxylic acids is 2. The van der Waals surface area contributed by atoms with Gasteiger partial charge in [0.15, 0.2) is 9.84 Å². The molecule has 8 heteroatoms. The van der Waals surface area contributed by atoms with Crippen LogP contribution in [0, 0.1) is 12.8 Å². The molecule has 1 saturated carbocycles. The first-order valence-electron chi connectivity index (χ1n) is 9.87. The molecule has 0 aliphatic heterocycles. The molecule has 3 rings (SSSR count). The van der Waals surface area contributed by atoms with Gasteiger partial charge >= 0.3 is 0 Å². The Labute approximate surface area is 182 Å². The number of Topliss-reactive ketones (excluding diaryl/α,β-unsaturated/α-hetero) is 1. The van der Waals surface area contributed by atoms with Crippen LogP contribution in [-0.2, 0) is 19.4 Å². The molecule has 1 aliphatic rings. The maximum atomic E-state index is 12.8. The Kier molecular flexibility index (Phi) is 6.93. The molecule has 0 saturated heterocycles. The van der Waals surface area contributed by atoms with Crippen molar-refractivity contribution in [1.82, 2.24) is 4.98 Å². The minimum atomic E-state index is -3.44. The van der Waals surface area contributed by atoms with Gasteiger partial charge in [-0.2, -0.15) is 0 Å². The van der Waals surface area contributed by atoms with Gasteiger partial charge in [0.2, 0.25) is 5.91 Å². The number of hydrogen-bond acceptors (Lipinski definition) is 5. The van der Waals surface area contributed by atoms with E-state index in [-0.39, 0.29) is 39.9 Å². The van der Waals surface area contributed by atoms with Gasteiger partial charge in [-0.3, -0.25) is 9.59 Å². The molecule has 30 heavy (non-hydrogen) atoms. The van der Waals surface area contributed by atoms with Crippen molar-refractivity contribution >= 4 is 38.9 Å². The SMILES string of the molecule is Cc1ccc(NC(=O)CC(c2ccc(S(C)(=O)=O)c(Cl)c2)C2CCC(=O)CC2)nc1. The Balaban J connectivity index is 1.85. The van der Waals surface area contributed by atoms with Crippen molar-refractivity contribution in [2.75, 3.05) is 11.6 Å². The molecule has 1 aromatic heterocycles. The van der Waals surface area contributed by atoms with Crippen LogP contribution in [0.4, 0.5) is 5.82 Å². The molecule has 1 atom stereocenters. The summed E-state index contributed by atoms with van der Waals surface area (Å²) in [6.07, 6.45) is 5.39. The van der Waals surface area contributed by atoms with E-state index >= 15 is 0 Å². The molecular formula is C22H25ClN2O4S. The fourth-order valence-electron chi connectivity index (χ4n) is 3.90. The summed E-state index contributed by atoms with van der Waals surface area (Å²) in [5.41, 5.74) is 1.80. The summed E-state index contributed by atoms with van der Waals surface area (Å²) < 4.78 is 23.8. The standard InChI is InChI=1S/C22H25ClN2O4S/c1-14-3-10-21(24-13-14)25-22(27)12-18(15-4-7-17(26)8-5-15)16-6-9-20(19(23)11-16)30(2,28)29/h3,6,9-11,13,15,18H,4-5,7-8,12H2,1-2H3,(H,24,25,27). The first kappa shape index (κ1) is 22.4. The van der Waals surface area contributed by atoms with Gasteiger partial charge in [-0.15, -0.1) is 0 Å². The lowest BCUT2D eigenvalue weighted by Crippen LogP contribution is -2.25. The summed E-state index contributed by atoms with van der Waals surface area (Å²) in [6, 6.07) is 8.47. The Morgan fingerprint density at radius 2 is 1.93 bits per heavy atom. The number of ketones is 1. The number of hydrogen-bond donors (Lipinski definition) is 1. The molecule has 160 valence electrons. The quantitative estimate of drug-likeness (QED) is 0.710. The van der Waals surface area contributed by atoms with Gasteiger partial charge in [-0.05, 0) is 60.9 Å². The zero-order chi connectivity index (χ0) is 21.9. The van der Waals surface area contributed by atoms with Crippen LogP contribution in [0.2, 0.25) is 5.02 Å². The number of sulfone groups is 1. The van der Waals surface area contributed by atoms with Crippen LogP contribution in [0.25, 0.3) is 0 Å². The average Bonchev–Trinajstić information content (AvgIpc) is 2.68. The number of rotatable bonds is 6. The molecule has 1 aliphatic carbocycles. The van der Waals surface area contributed by atoms with Crippen LogP contribution in [-0.4, -0.2) is 31.3 Å². The van der Waals surface area contributed by atoms with Crippen LogP contribution in [0.15, 0.2) is 41.4 Å². The molecule has 1 aromatic carbocycles. The van der Waals surface area contributed by atoms with E-state index in [2.05, 4.69) is 10.3 Å². The van der Waals surface area contributed by atoms with Crippen LogP contribution in [0.5, 0.6) is 0 Å². The van der Waals surface area contributed by atoms with E-state index in [4.69, 9.17) is 11.6 Å². The van der Waals surface area contributed by atoms with Crippen LogP contribution in [0.1, 0.15) is 49.1 Å². The van der Waals surface area contributed by atoms with Gasteiger partial charge in [0, 0.05) is 31.7 Å². The fourth-order valence-corrected chi connectivity index (χ4v) is 5.24. The Bertz CT molecular complexity index is 1040. The van der Waals surface area contributed by atoms with Gasteiger partial charge in [-0.25, -0.2) is 13.4 Å². The third kappa shape index (κ3) is 5.67. The van der Waals surface area contributed by atoms with Crippen molar-refractivity contribution < 1.29 is 18.0 Å². The lowest BCUT2D eigenvalue weighted by Gasteiger charge is -2.30. The highest BCUT2D eigenvalue weighted by atomic mass is 35.5. The zero-order valence-corrected chi connectivity index (χ0v) is 18.6. The van der Waals surface area contributed by atoms with E-state index in [0.717, 1.165) is 17.4 Å². The van der Waals surface area contributed by atoms with E-state index in [1.165, 1.54) is 6.07 Å². The third-order valence-electron chi connectivity index (χ3n) is 5.52. The number of halogens is 1. The molecule has 0 radical (unpaired) electrons. The zero-order valence-electron chi connectivity index (χ0n) is 17.0. The van der Waals surface area contributed by atoms with Crippen LogP contribution in [0.3, 0.4) is 0 Å². The number of aryl methyl sites for hydroxylation is 1. The lowest BCUT2D eigenvalue weighted by atomic mass is 9.75. The van der Waals surface area contributed by atoms with Gasteiger partial charge in [0.25, 0.3) is 0 Å². The first-order chi connectivity index (χ1) is 14.1. The van der Waals surface area contributed by atoms with Crippen molar-refractivity contribution in [3.05, 3.63) is 52.7 Å². The average molecular weight is 449 g/mol. The monoisotopic (exact) mass is 448 g/mol. The van der Waals surface area contributed by atoms with Gasteiger partial charge in [0.1, 0.15) is 11.6 Å². The minimum Gasteiger partial charge on any atom is -0.311 e. The Hall–Kier alpha value is -2.25. The van der Waals surface area contributed by atoms with Crippen molar-refractivity contribution in [2.24, 2.45) is 5.92 Å². The number of anilines is 1. The number of nitrogens with zero attached hydrogens (tertiary/aromatic N) is 1. The molecule has 0 bridgehead atoms. The molecular weight excluding hydrogens is 424 g/mol. The molecule has 1 fully saturated rings. The fraction of sp³-hybridized carbons (Fsp3) is 0.409. The summed E-state index contributed by atoms with van der Waals surface area (Å²) in [5.74, 6) is 0.503. The molecule has 1 unspecified atom stereocenters. The van der Waals surface area contributed by atoms with Crippen LogP contribution < -0.4 is 5.32 Å². The summed E-state index contributed by atoms with van der Waals surface area (Å²) in [5, 5.41) is 2.97. The highest BCUT2D eigenvalue weighted by molar-refractivity contribution is 7.90. The van der Waals surface area contributed by atoms with Crippen molar-refractivity contribution in [3.8, 4) is 0 Å². The predicted molar refractivity (Wildman–Crippen MR) is 116 cm³/mol. The molecule has 6 nitrogen and oxygen atoms in total. The smallest absolute Gasteiger partial charge is 0.226 e. The van der Waals surface area contributed by atoms with Crippen molar-refractivity contribution in [3.63, 3.8) is 0 Å². The predicted octanol–water partition coefficient (Wildman–Crippen LogP) is 4.32. The van der Waals surface area contributed by atoms with Crippen molar-refractivity contribution in [2.45, 2.75) is 49.8 Å².